The molecule has 0 aliphatic carbocycles. The van der Waals surface area contributed by atoms with Gasteiger partial charge in [0, 0.05) is 11.3 Å². The first-order valence-corrected chi connectivity index (χ1v) is 11.1. The van der Waals surface area contributed by atoms with Gasteiger partial charge in [-0.1, -0.05) is 6.07 Å². The van der Waals surface area contributed by atoms with Gasteiger partial charge in [0.2, 0.25) is 0 Å². The quantitative estimate of drug-likeness (QED) is 0.461. The zero-order valence-corrected chi connectivity index (χ0v) is 20.6. The molecule has 0 atom stereocenters. The number of aryl methyl sites for hydroxylation is 2. The average molecular weight is 483 g/mol. The number of rotatable bonds is 7. The Morgan fingerprint density at radius 1 is 0.794 bits per heavy atom. The van der Waals surface area contributed by atoms with Crippen LogP contribution >= 0.6 is 11.3 Å². The largest absolute Gasteiger partial charge is 0.493 e. The molecule has 0 saturated carbocycles. The van der Waals surface area contributed by atoms with E-state index in [1.165, 1.54) is 27.4 Å². The summed E-state index contributed by atoms with van der Waals surface area (Å²) in [7, 11) is 4.21. The van der Waals surface area contributed by atoms with Crippen LogP contribution in [0.3, 0.4) is 0 Å². The van der Waals surface area contributed by atoms with Gasteiger partial charge in [0.15, 0.2) is 11.5 Å². The van der Waals surface area contributed by atoms with E-state index in [-0.39, 0.29) is 16.5 Å². The van der Waals surface area contributed by atoms with E-state index in [9.17, 15) is 14.4 Å². The molecule has 2 amide bonds. The minimum atomic E-state index is -0.651. The van der Waals surface area contributed by atoms with Crippen LogP contribution in [0, 0.1) is 20.8 Å². The predicted octanol–water partition coefficient (Wildman–Crippen LogP) is 4.98. The number of hydrogen-bond acceptors (Lipinski definition) is 7. The van der Waals surface area contributed by atoms with Crippen LogP contribution in [0.15, 0.2) is 36.4 Å². The molecule has 0 saturated heterocycles. The Morgan fingerprint density at radius 3 is 2.03 bits per heavy atom. The van der Waals surface area contributed by atoms with E-state index in [0.717, 1.165) is 22.5 Å². The Hall–Kier alpha value is -3.85. The van der Waals surface area contributed by atoms with Gasteiger partial charge in [0.25, 0.3) is 11.8 Å². The summed E-state index contributed by atoms with van der Waals surface area (Å²) in [6.07, 6.45) is 0. The Morgan fingerprint density at radius 2 is 1.44 bits per heavy atom. The molecule has 34 heavy (non-hydrogen) atoms. The lowest BCUT2D eigenvalue weighted by atomic mass is 10.1. The van der Waals surface area contributed by atoms with E-state index in [1.807, 2.05) is 32.0 Å². The predicted molar refractivity (Wildman–Crippen MR) is 132 cm³/mol. The van der Waals surface area contributed by atoms with E-state index < -0.39 is 11.9 Å². The maximum atomic E-state index is 13.0. The summed E-state index contributed by atoms with van der Waals surface area (Å²) in [6.45, 7) is 5.53. The van der Waals surface area contributed by atoms with E-state index >= 15 is 0 Å². The number of methoxy groups -OCH3 is 3. The molecule has 0 aliphatic heterocycles. The molecule has 0 radical (unpaired) electrons. The maximum absolute atomic E-state index is 13.0. The Labute approximate surface area is 201 Å². The molecule has 0 unspecified atom stereocenters. The summed E-state index contributed by atoms with van der Waals surface area (Å²) in [6, 6.07) is 10.4. The SMILES string of the molecule is COC(=O)c1c(NC(=O)c2ccc(OC)c(OC)c2)sc(C(=O)Nc2cc(C)cc(C)c2)c1C. The third-order valence-corrected chi connectivity index (χ3v) is 6.30. The maximum Gasteiger partial charge on any atom is 0.341 e. The van der Waals surface area contributed by atoms with E-state index in [2.05, 4.69) is 10.6 Å². The van der Waals surface area contributed by atoms with Gasteiger partial charge < -0.3 is 24.8 Å². The van der Waals surface area contributed by atoms with Crippen LogP contribution in [0.2, 0.25) is 0 Å². The smallest absolute Gasteiger partial charge is 0.341 e. The fraction of sp³-hybridized carbons (Fsp3) is 0.240. The molecule has 9 heteroatoms. The second-order valence-corrected chi connectivity index (χ2v) is 8.63. The number of nitrogens with one attached hydrogen (secondary N) is 2. The number of amides is 2. The van der Waals surface area contributed by atoms with Crippen LogP contribution in [0.5, 0.6) is 11.5 Å². The number of benzene rings is 2. The van der Waals surface area contributed by atoms with Gasteiger partial charge >= 0.3 is 5.97 Å². The van der Waals surface area contributed by atoms with Crippen molar-refractivity contribution in [2.45, 2.75) is 20.8 Å². The lowest BCUT2D eigenvalue weighted by Gasteiger charge is -2.10. The molecule has 2 aromatic carbocycles. The molecule has 178 valence electrons. The molecule has 0 fully saturated rings. The summed E-state index contributed by atoms with van der Waals surface area (Å²) >= 11 is 1.01. The van der Waals surface area contributed by atoms with E-state index in [1.54, 1.807) is 19.1 Å². The first-order valence-electron chi connectivity index (χ1n) is 10.3. The number of anilines is 2. The highest BCUT2D eigenvalue weighted by molar-refractivity contribution is 7.19. The van der Waals surface area contributed by atoms with Crippen LogP contribution in [0.4, 0.5) is 10.7 Å². The molecule has 3 rings (SSSR count). The van der Waals surface area contributed by atoms with Gasteiger partial charge in [-0.2, -0.15) is 0 Å². The van der Waals surface area contributed by atoms with Crippen LogP contribution in [-0.2, 0) is 4.74 Å². The van der Waals surface area contributed by atoms with Crippen molar-refractivity contribution >= 4 is 39.8 Å². The zero-order chi connectivity index (χ0) is 25.0. The van der Waals surface area contributed by atoms with Crippen LogP contribution < -0.4 is 20.1 Å². The highest BCUT2D eigenvalue weighted by Crippen LogP contribution is 2.35. The minimum absolute atomic E-state index is 0.131. The topological polar surface area (TPSA) is 103 Å². The number of esters is 1. The number of carbonyl (C=O) groups is 3. The van der Waals surface area contributed by atoms with Crippen LogP contribution in [0.1, 0.15) is 47.1 Å². The lowest BCUT2D eigenvalue weighted by molar-refractivity contribution is 0.0601. The first-order chi connectivity index (χ1) is 16.2. The number of thiophene rings is 1. The van der Waals surface area contributed by atoms with Crippen LogP contribution in [-0.4, -0.2) is 39.1 Å². The van der Waals surface area contributed by atoms with Crippen molar-refractivity contribution < 1.29 is 28.6 Å². The highest BCUT2D eigenvalue weighted by Gasteiger charge is 2.27. The summed E-state index contributed by atoms with van der Waals surface area (Å²) in [4.78, 5) is 38.8. The molecule has 1 aromatic heterocycles. The van der Waals surface area contributed by atoms with Crippen molar-refractivity contribution in [2.24, 2.45) is 0 Å². The molecule has 0 bridgehead atoms. The van der Waals surface area contributed by atoms with Crippen molar-refractivity contribution in [1.82, 2.24) is 0 Å². The molecule has 8 nitrogen and oxygen atoms in total. The number of hydrogen-bond donors (Lipinski definition) is 2. The van der Waals surface area contributed by atoms with Gasteiger partial charge in [-0.05, 0) is 67.8 Å². The summed E-state index contributed by atoms with van der Waals surface area (Å²) in [5.74, 6) is -0.648. The lowest BCUT2D eigenvalue weighted by Crippen LogP contribution is -2.14. The van der Waals surface area contributed by atoms with Gasteiger partial charge in [0.05, 0.1) is 31.8 Å². The summed E-state index contributed by atoms with van der Waals surface area (Å²) < 4.78 is 15.4. The van der Waals surface area contributed by atoms with E-state index in [4.69, 9.17) is 14.2 Å². The fourth-order valence-electron chi connectivity index (χ4n) is 3.55. The summed E-state index contributed by atoms with van der Waals surface area (Å²) in [5, 5.41) is 5.82. The monoisotopic (exact) mass is 482 g/mol. The first kappa shape index (κ1) is 24.8. The van der Waals surface area contributed by atoms with Crippen molar-refractivity contribution in [3.8, 4) is 11.5 Å². The fourth-order valence-corrected chi connectivity index (χ4v) is 4.64. The third kappa shape index (κ3) is 5.20. The third-order valence-electron chi connectivity index (χ3n) is 5.09. The van der Waals surface area contributed by atoms with Crippen molar-refractivity contribution in [3.05, 3.63) is 69.1 Å². The second kappa shape index (κ2) is 10.4. The molecule has 2 N–H and O–H groups in total. The normalized spacial score (nSPS) is 10.4. The van der Waals surface area contributed by atoms with Gasteiger partial charge in [-0.15, -0.1) is 11.3 Å². The molecular weight excluding hydrogens is 456 g/mol. The number of ether oxygens (including phenoxy) is 3. The van der Waals surface area contributed by atoms with Crippen molar-refractivity contribution in [1.29, 1.82) is 0 Å². The number of carbonyl (C=O) groups excluding carboxylic acids is 3. The average Bonchev–Trinajstić information content (AvgIpc) is 3.12. The zero-order valence-electron chi connectivity index (χ0n) is 19.8. The molecule has 0 aliphatic rings. The second-order valence-electron chi connectivity index (χ2n) is 7.61. The Balaban J connectivity index is 1.94. The Bertz CT molecular complexity index is 1240. The van der Waals surface area contributed by atoms with E-state index in [0.29, 0.717) is 33.2 Å². The molecule has 1 heterocycles. The minimum Gasteiger partial charge on any atom is -0.493 e. The molecule has 0 spiro atoms. The van der Waals surface area contributed by atoms with Crippen molar-refractivity contribution in [2.75, 3.05) is 32.0 Å². The highest BCUT2D eigenvalue weighted by atomic mass is 32.1. The molecule has 3 aromatic rings. The van der Waals surface area contributed by atoms with Crippen LogP contribution in [0.25, 0.3) is 0 Å². The van der Waals surface area contributed by atoms with Crippen molar-refractivity contribution in [3.63, 3.8) is 0 Å². The standard InChI is InChI=1S/C25H26N2O6S/c1-13-9-14(2)11-17(10-13)26-23(29)21-15(3)20(25(30)33-6)24(34-21)27-22(28)16-7-8-18(31-4)19(12-16)32-5/h7-12H,1-6H3,(H,26,29)(H,27,28). The summed E-state index contributed by atoms with van der Waals surface area (Å²) in [5.41, 5.74) is 3.51. The van der Waals surface area contributed by atoms with Gasteiger partial charge in [0.1, 0.15) is 5.00 Å². The van der Waals surface area contributed by atoms with Gasteiger partial charge in [-0.25, -0.2) is 4.79 Å². The molecular formula is C25H26N2O6S. The Kier molecular flexibility index (Phi) is 7.57. The van der Waals surface area contributed by atoms with Gasteiger partial charge in [-0.3, -0.25) is 9.59 Å².